The van der Waals surface area contributed by atoms with E-state index in [2.05, 4.69) is 32.6 Å². The number of amides is 1. The van der Waals surface area contributed by atoms with Gasteiger partial charge in [-0.05, 0) is 37.1 Å². The summed E-state index contributed by atoms with van der Waals surface area (Å²) in [6.07, 6.45) is 1.99. The molecule has 1 amide bonds. The maximum Gasteiger partial charge on any atom is 0.387 e. The van der Waals surface area contributed by atoms with Crippen LogP contribution in [-0.4, -0.2) is 31.6 Å². The molecule has 31 heavy (non-hydrogen) atoms. The van der Waals surface area contributed by atoms with Gasteiger partial charge in [-0.25, -0.2) is 4.99 Å². The summed E-state index contributed by atoms with van der Waals surface area (Å²) in [5.74, 6) is 0.604. The average molecular weight is 433 g/mol. The number of benzene rings is 2. The summed E-state index contributed by atoms with van der Waals surface area (Å²) in [4.78, 5) is 16.6. The van der Waals surface area contributed by atoms with Crippen molar-refractivity contribution in [1.82, 2.24) is 16.0 Å². The van der Waals surface area contributed by atoms with Crippen LogP contribution in [0.1, 0.15) is 48.2 Å². The smallest absolute Gasteiger partial charge is 0.387 e. The van der Waals surface area contributed by atoms with E-state index >= 15 is 0 Å². The molecule has 0 heterocycles. The second kappa shape index (κ2) is 13.2. The van der Waals surface area contributed by atoms with Crippen molar-refractivity contribution in [3.05, 3.63) is 65.2 Å². The van der Waals surface area contributed by atoms with Gasteiger partial charge in [0.15, 0.2) is 5.96 Å². The summed E-state index contributed by atoms with van der Waals surface area (Å²) in [6.45, 7) is 3.15. The molecule has 3 N–H and O–H groups in total. The highest BCUT2D eigenvalue weighted by atomic mass is 19.3. The van der Waals surface area contributed by atoms with Crippen molar-refractivity contribution >= 4 is 11.9 Å². The van der Waals surface area contributed by atoms with Crippen molar-refractivity contribution in [1.29, 1.82) is 0 Å². The van der Waals surface area contributed by atoms with Crippen molar-refractivity contribution < 1.29 is 18.3 Å². The van der Waals surface area contributed by atoms with Crippen LogP contribution >= 0.6 is 0 Å². The Morgan fingerprint density at radius 1 is 1.03 bits per heavy atom. The standard InChI is InChI=1S/C23H30F2N4O2/c1-3-5-14-27-21(30)18-12-10-17(11-13-18)15-28-23(26-4-2)29-16-19-8-6-7-9-20(19)31-22(24)25/h6-13,22H,3-5,14-16H2,1-2H3,(H,27,30)(H2,26,28,29). The fourth-order valence-corrected chi connectivity index (χ4v) is 2.79. The Bertz CT molecular complexity index is 842. The van der Waals surface area contributed by atoms with Crippen molar-refractivity contribution in [3.8, 4) is 5.75 Å². The van der Waals surface area contributed by atoms with E-state index < -0.39 is 6.61 Å². The van der Waals surface area contributed by atoms with Crippen LogP contribution in [0.15, 0.2) is 53.5 Å². The van der Waals surface area contributed by atoms with Gasteiger partial charge in [0, 0.05) is 30.8 Å². The van der Waals surface area contributed by atoms with Crippen LogP contribution in [0, 0.1) is 0 Å². The SMILES string of the molecule is CCCCNC(=O)c1ccc(CN=C(NCC)NCc2ccccc2OC(F)F)cc1. The van der Waals surface area contributed by atoms with Crippen molar-refractivity contribution in [2.75, 3.05) is 13.1 Å². The zero-order valence-electron chi connectivity index (χ0n) is 18.0. The van der Waals surface area contributed by atoms with Gasteiger partial charge in [0.2, 0.25) is 0 Å². The first-order chi connectivity index (χ1) is 15.0. The van der Waals surface area contributed by atoms with Crippen LogP contribution in [0.2, 0.25) is 0 Å². The molecule has 0 unspecified atom stereocenters. The summed E-state index contributed by atoms with van der Waals surface area (Å²) in [5.41, 5.74) is 2.17. The molecular formula is C23H30F2N4O2. The number of hydrogen-bond acceptors (Lipinski definition) is 3. The molecule has 2 aromatic carbocycles. The number of halogens is 2. The van der Waals surface area contributed by atoms with E-state index in [0.717, 1.165) is 18.4 Å². The Balaban J connectivity index is 1.96. The van der Waals surface area contributed by atoms with Crippen LogP contribution in [0.3, 0.4) is 0 Å². The van der Waals surface area contributed by atoms with E-state index in [1.165, 1.54) is 6.07 Å². The monoisotopic (exact) mass is 432 g/mol. The number of nitrogens with one attached hydrogen (secondary N) is 3. The lowest BCUT2D eigenvalue weighted by atomic mass is 10.1. The van der Waals surface area contributed by atoms with Crippen molar-refractivity contribution in [3.63, 3.8) is 0 Å². The molecule has 168 valence electrons. The van der Waals surface area contributed by atoms with E-state index in [9.17, 15) is 13.6 Å². The van der Waals surface area contributed by atoms with Gasteiger partial charge in [-0.15, -0.1) is 0 Å². The lowest BCUT2D eigenvalue weighted by Crippen LogP contribution is -2.36. The maximum absolute atomic E-state index is 12.6. The molecule has 0 spiro atoms. The number of alkyl halides is 2. The Kier molecular flexibility index (Phi) is 10.3. The summed E-state index contributed by atoms with van der Waals surface area (Å²) in [7, 11) is 0. The van der Waals surface area contributed by atoms with E-state index in [-0.39, 0.29) is 18.2 Å². The first-order valence-corrected chi connectivity index (χ1v) is 10.5. The number of guanidine groups is 1. The molecule has 0 atom stereocenters. The normalized spacial score (nSPS) is 11.3. The largest absolute Gasteiger partial charge is 0.434 e. The summed E-state index contributed by atoms with van der Waals surface area (Å²) in [5, 5.41) is 9.15. The molecule has 0 aliphatic carbocycles. The summed E-state index contributed by atoms with van der Waals surface area (Å²) < 4.78 is 29.7. The number of hydrogen-bond donors (Lipinski definition) is 3. The molecule has 0 bridgehead atoms. The minimum absolute atomic E-state index is 0.0804. The van der Waals surface area contributed by atoms with Crippen LogP contribution < -0.4 is 20.7 Å². The van der Waals surface area contributed by atoms with Crippen LogP contribution in [0.25, 0.3) is 0 Å². The van der Waals surface area contributed by atoms with Crippen molar-refractivity contribution in [2.24, 2.45) is 4.99 Å². The average Bonchev–Trinajstić information content (AvgIpc) is 2.76. The molecule has 2 aromatic rings. The zero-order valence-corrected chi connectivity index (χ0v) is 18.0. The number of aliphatic imine (C=N–C) groups is 1. The number of unbranched alkanes of at least 4 members (excludes halogenated alkanes) is 1. The predicted molar refractivity (Wildman–Crippen MR) is 118 cm³/mol. The molecule has 0 aromatic heterocycles. The van der Waals surface area contributed by atoms with Gasteiger partial charge in [-0.2, -0.15) is 8.78 Å². The third kappa shape index (κ3) is 8.62. The van der Waals surface area contributed by atoms with Gasteiger partial charge in [0.1, 0.15) is 5.75 Å². The molecule has 0 saturated heterocycles. The van der Waals surface area contributed by atoms with Gasteiger partial charge < -0.3 is 20.7 Å². The van der Waals surface area contributed by atoms with Gasteiger partial charge in [-0.3, -0.25) is 4.79 Å². The number of carbonyl (C=O) groups is 1. The number of nitrogens with zero attached hydrogens (tertiary/aromatic N) is 1. The third-order valence-electron chi connectivity index (χ3n) is 4.43. The van der Waals surface area contributed by atoms with E-state index in [1.54, 1.807) is 30.3 Å². The van der Waals surface area contributed by atoms with E-state index in [4.69, 9.17) is 0 Å². The highest BCUT2D eigenvalue weighted by Crippen LogP contribution is 2.19. The van der Waals surface area contributed by atoms with Gasteiger partial charge in [0.05, 0.1) is 6.54 Å². The molecule has 2 rings (SSSR count). The number of para-hydroxylation sites is 1. The minimum atomic E-state index is -2.88. The Morgan fingerprint density at radius 2 is 1.77 bits per heavy atom. The Morgan fingerprint density at radius 3 is 2.45 bits per heavy atom. The predicted octanol–water partition coefficient (Wildman–Crippen LogP) is 4.07. The van der Waals surface area contributed by atoms with Crippen molar-refractivity contribution in [2.45, 2.75) is 46.4 Å². The van der Waals surface area contributed by atoms with Crippen LogP contribution in [0.4, 0.5) is 8.78 Å². The highest BCUT2D eigenvalue weighted by Gasteiger charge is 2.09. The fourth-order valence-electron chi connectivity index (χ4n) is 2.79. The first-order valence-electron chi connectivity index (χ1n) is 10.5. The third-order valence-corrected chi connectivity index (χ3v) is 4.43. The first kappa shape index (κ1) is 24.1. The topological polar surface area (TPSA) is 74.8 Å². The number of ether oxygens (including phenoxy) is 1. The number of rotatable bonds is 11. The van der Waals surface area contributed by atoms with Crippen LogP contribution in [-0.2, 0) is 13.1 Å². The molecule has 8 heteroatoms. The number of carbonyl (C=O) groups excluding carboxylic acids is 1. The lowest BCUT2D eigenvalue weighted by Gasteiger charge is -2.14. The lowest BCUT2D eigenvalue weighted by molar-refractivity contribution is -0.0504. The molecule has 0 aliphatic rings. The zero-order chi connectivity index (χ0) is 22.5. The molecule has 0 saturated carbocycles. The molecule has 0 aliphatic heterocycles. The van der Waals surface area contributed by atoms with Crippen LogP contribution in [0.5, 0.6) is 5.75 Å². The van der Waals surface area contributed by atoms with E-state index in [0.29, 0.717) is 36.7 Å². The van der Waals surface area contributed by atoms with Gasteiger partial charge in [0.25, 0.3) is 5.91 Å². The quantitative estimate of drug-likeness (QED) is 0.284. The fraction of sp³-hybridized carbons (Fsp3) is 0.391. The molecule has 0 fully saturated rings. The second-order valence-corrected chi connectivity index (χ2v) is 6.84. The van der Waals surface area contributed by atoms with Gasteiger partial charge in [-0.1, -0.05) is 43.7 Å². The summed E-state index contributed by atoms with van der Waals surface area (Å²) >= 11 is 0. The highest BCUT2D eigenvalue weighted by molar-refractivity contribution is 5.94. The molecular weight excluding hydrogens is 402 g/mol. The Labute approximate surface area is 182 Å². The minimum Gasteiger partial charge on any atom is -0.434 e. The second-order valence-electron chi connectivity index (χ2n) is 6.84. The van der Waals surface area contributed by atoms with E-state index in [1.807, 2.05) is 19.1 Å². The summed E-state index contributed by atoms with van der Waals surface area (Å²) in [6, 6.07) is 13.9. The maximum atomic E-state index is 12.6. The Hall–Kier alpha value is -3.16. The van der Waals surface area contributed by atoms with Gasteiger partial charge >= 0.3 is 6.61 Å². The molecule has 6 nitrogen and oxygen atoms in total. The molecule has 0 radical (unpaired) electrons.